The van der Waals surface area contributed by atoms with E-state index in [1.807, 2.05) is 25.1 Å². The number of benzene rings is 1. The fraction of sp³-hybridized carbons (Fsp3) is 0.455. The molecule has 0 bridgehead atoms. The van der Waals surface area contributed by atoms with E-state index in [0.29, 0.717) is 0 Å². The van der Waals surface area contributed by atoms with Gasteiger partial charge in [-0.1, -0.05) is 37.3 Å². The van der Waals surface area contributed by atoms with E-state index in [9.17, 15) is 5.11 Å². The van der Waals surface area contributed by atoms with Crippen LogP contribution < -0.4 is 0 Å². The van der Waals surface area contributed by atoms with E-state index in [2.05, 4.69) is 19.1 Å². The summed E-state index contributed by atoms with van der Waals surface area (Å²) in [4.78, 5) is 0. The number of aliphatic hydroxyl groups is 1. The van der Waals surface area contributed by atoms with E-state index in [1.165, 1.54) is 5.56 Å². The first-order chi connectivity index (χ1) is 5.75. The van der Waals surface area contributed by atoms with Crippen LogP contribution >= 0.6 is 0 Å². The number of hydrogen-bond donors (Lipinski definition) is 1. The standard InChI is InChI=1S/C11H16O/c1-3-11(9(2)12)10-7-5-4-6-8-10/h4-9,11-12H,3H2,1-2H3/t9-,11-/m0/s1. The lowest BCUT2D eigenvalue weighted by molar-refractivity contribution is 0.160. The first kappa shape index (κ1) is 9.27. The topological polar surface area (TPSA) is 20.2 Å². The van der Waals surface area contributed by atoms with Gasteiger partial charge < -0.3 is 5.11 Å². The highest BCUT2D eigenvalue weighted by Gasteiger charge is 2.13. The zero-order valence-corrected chi connectivity index (χ0v) is 7.70. The van der Waals surface area contributed by atoms with Gasteiger partial charge in [0.25, 0.3) is 0 Å². The average molecular weight is 164 g/mol. The highest BCUT2D eigenvalue weighted by atomic mass is 16.3. The molecule has 0 radical (unpaired) electrons. The van der Waals surface area contributed by atoms with Crippen molar-refractivity contribution in [3.63, 3.8) is 0 Å². The van der Waals surface area contributed by atoms with E-state index in [-0.39, 0.29) is 12.0 Å². The van der Waals surface area contributed by atoms with Crippen LogP contribution in [-0.4, -0.2) is 11.2 Å². The molecule has 0 saturated carbocycles. The molecular weight excluding hydrogens is 148 g/mol. The first-order valence-corrected chi connectivity index (χ1v) is 4.48. The van der Waals surface area contributed by atoms with E-state index < -0.39 is 0 Å². The van der Waals surface area contributed by atoms with Gasteiger partial charge in [-0.2, -0.15) is 0 Å². The Morgan fingerprint density at radius 2 is 1.83 bits per heavy atom. The summed E-state index contributed by atoms with van der Waals surface area (Å²) in [5.74, 6) is 0.284. The molecule has 0 unspecified atom stereocenters. The van der Waals surface area contributed by atoms with Crippen molar-refractivity contribution in [2.45, 2.75) is 32.3 Å². The lowest BCUT2D eigenvalue weighted by Crippen LogP contribution is -2.13. The summed E-state index contributed by atoms with van der Waals surface area (Å²) in [5, 5.41) is 9.47. The Kier molecular flexibility index (Phi) is 3.30. The Balaban J connectivity index is 2.80. The maximum Gasteiger partial charge on any atom is 0.0580 e. The Morgan fingerprint density at radius 1 is 1.25 bits per heavy atom. The van der Waals surface area contributed by atoms with Crippen molar-refractivity contribution in [3.05, 3.63) is 35.9 Å². The third-order valence-corrected chi connectivity index (χ3v) is 2.25. The zero-order chi connectivity index (χ0) is 8.97. The number of hydrogen-bond acceptors (Lipinski definition) is 1. The number of rotatable bonds is 3. The van der Waals surface area contributed by atoms with Gasteiger partial charge in [0.05, 0.1) is 6.10 Å². The molecule has 1 aromatic rings. The molecule has 0 amide bonds. The van der Waals surface area contributed by atoms with Gasteiger partial charge in [0.15, 0.2) is 0 Å². The van der Waals surface area contributed by atoms with E-state index in [0.717, 1.165) is 6.42 Å². The van der Waals surface area contributed by atoms with Crippen LogP contribution in [0.3, 0.4) is 0 Å². The van der Waals surface area contributed by atoms with E-state index in [1.54, 1.807) is 0 Å². The van der Waals surface area contributed by atoms with Crippen LogP contribution in [0.25, 0.3) is 0 Å². The van der Waals surface area contributed by atoms with Crippen molar-refractivity contribution >= 4 is 0 Å². The van der Waals surface area contributed by atoms with Gasteiger partial charge in [0.2, 0.25) is 0 Å². The van der Waals surface area contributed by atoms with Crippen LogP contribution in [0.15, 0.2) is 30.3 Å². The van der Waals surface area contributed by atoms with Crippen molar-refractivity contribution in [1.82, 2.24) is 0 Å². The van der Waals surface area contributed by atoms with Crippen LogP contribution in [0.5, 0.6) is 0 Å². The molecular formula is C11H16O. The third-order valence-electron chi connectivity index (χ3n) is 2.25. The minimum atomic E-state index is -0.252. The molecule has 0 aliphatic heterocycles. The van der Waals surface area contributed by atoms with E-state index in [4.69, 9.17) is 0 Å². The van der Waals surface area contributed by atoms with Crippen molar-refractivity contribution in [2.75, 3.05) is 0 Å². The quantitative estimate of drug-likeness (QED) is 0.728. The van der Waals surface area contributed by atoms with Gasteiger partial charge in [-0.15, -0.1) is 0 Å². The summed E-state index contributed by atoms with van der Waals surface area (Å²) >= 11 is 0. The van der Waals surface area contributed by atoms with Gasteiger partial charge in [0.1, 0.15) is 0 Å². The van der Waals surface area contributed by atoms with Crippen LogP contribution in [0.4, 0.5) is 0 Å². The largest absolute Gasteiger partial charge is 0.393 e. The van der Waals surface area contributed by atoms with Gasteiger partial charge in [-0.05, 0) is 18.9 Å². The predicted molar refractivity (Wildman–Crippen MR) is 51.2 cm³/mol. The van der Waals surface area contributed by atoms with Gasteiger partial charge in [-0.3, -0.25) is 0 Å². The predicted octanol–water partition coefficient (Wildman–Crippen LogP) is 2.56. The second-order valence-electron chi connectivity index (χ2n) is 3.17. The van der Waals surface area contributed by atoms with Crippen molar-refractivity contribution < 1.29 is 5.11 Å². The summed E-state index contributed by atoms with van der Waals surface area (Å²) < 4.78 is 0. The molecule has 1 aromatic carbocycles. The molecule has 12 heavy (non-hydrogen) atoms. The Hall–Kier alpha value is -0.820. The minimum absolute atomic E-state index is 0.252. The summed E-state index contributed by atoms with van der Waals surface area (Å²) in [6, 6.07) is 10.2. The van der Waals surface area contributed by atoms with Crippen molar-refractivity contribution in [3.8, 4) is 0 Å². The normalized spacial score (nSPS) is 15.6. The molecule has 66 valence electrons. The van der Waals surface area contributed by atoms with Gasteiger partial charge >= 0.3 is 0 Å². The van der Waals surface area contributed by atoms with Crippen molar-refractivity contribution in [2.24, 2.45) is 0 Å². The molecule has 1 heteroatoms. The molecule has 1 nitrogen and oxygen atoms in total. The van der Waals surface area contributed by atoms with Gasteiger partial charge in [0, 0.05) is 5.92 Å². The van der Waals surface area contributed by atoms with Gasteiger partial charge in [-0.25, -0.2) is 0 Å². The Morgan fingerprint density at radius 3 is 2.25 bits per heavy atom. The maximum atomic E-state index is 9.47. The molecule has 0 spiro atoms. The Bertz CT molecular complexity index is 216. The third kappa shape index (κ3) is 2.08. The molecule has 0 aromatic heterocycles. The Labute approximate surface area is 74.1 Å². The lowest BCUT2D eigenvalue weighted by atomic mass is 9.92. The first-order valence-electron chi connectivity index (χ1n) is 4.48. The molecule has 1 rings (SSSR count). The molecule has 0 saturated heterocycles. The highest BCUT2D eigenvalue weighted by molar-refractivity contribution is 5.20. The molecule has 0 heterocycles. The lowest BCUT2D eigenvalue weighted by Gasteiger charge is -2.17. The monoisotopic (exact) mass is 164 g/mol. The maximum absolute atomic E-state index is 9.47. The van der Waals surface area contributed by atoms with Crippen LogP contribution in [0.1, 0.15) is 31.7 Å². The van der Waals surface area contributed by atoms with E-state index >= 15 is 0 Å². The molecule has 0 aliphatic rings. The smallest absolute Gasteiger partial charge is 0.0580 e. The van der Waals surface area contributed by atoms with Crippen LogP contribution in [0, 0.1) is 0 Å². The molecule has 2 atom stereocenters. The summed E-state index contributed by atoms with van der Waals surface area (Å²) in [6.07, 6.45) is 0.735. The zero-order valence-electron chi connectivity index (χ0n) is 7.70. The second kappa shape index (κ2) is 4.27. The second-order valence-corrected chi connectivity index (χ2v) is 3.17. The summed E-state index contributed by atoms with van der Waals surface area (Å²) in [6.45, 7) is 3.95. The number of aliphatic hydroxyl groups excluding tert-OH is 1. The molecule has 0 aliphatic carbocycles. The molecule has 1 N–H and O–H groups in total. The fourth-order valence-electron chi connectivity index (χ4n) is 1.56. The fourth-order valence-corrected chi connectivity index (χ4v) is 1.56. The van der Waals surface area contributed by atoms with Crippen LogP contribution in [-0.2, 0) is 0 Å². The SMILES string of the molecule is CC[C@H](c1ccccc1)[C@H](C)O. The summed E-state index contributed by atoms with van der Waals surface area (Å²) in [5.41, 5.74) is 1.23. The van der Waals surface area contributed by atoms with Crippen molar-refractivity contribution in [1.29, 1.82) is 0 Å². The highest BCUT2D eigenvalue weighted by Crippen LogP contribution is 2.22. The average Bonchev–Trinajstić information content (AvgIpc) is 2.07. The summed E-state index contributed by atoms with van der Waals surface area (Å²) in [7, 11) is 0. The molecule has 0 fully saturated rings. The minimum Gasteiger partial charge on any atom is -0.393 e. The van der Waals surface area contributed by atoms with Crippen LogP contribution in [0.2, 0.25) is 0 Å².